The maximum atomic E-state index is 12.8. The number of nitrogens with one attached hydrogen (secondary N) is 1. The second kappa shape index (κ2) is 9.10. The molecular formula is C25H31N3O3. The molecule has 6 heteroatoms. The molecule has 4 rings (SSSR count). The monoisotopic (exact) mass is 421 g/mol. The Morgan fingerprint density at radius 1 is 1.10 bits per heavy atom. The van der Waals surface area contributed by atoms with Crippen molar-refractivity contribution in [3.8, 4) is 5.75 Å². The predicted molar refractivity (Wildman–Crippen MR) is 121 cm³/mol. The van der Waals surface area contributed by atoms with Crippen LogP contribution in [0.25, 0.3) is 0 Å². The zero-order chi connectivity index (χ0) is 21.8. The molecule has 2 amide bonds. The van der Waals surface area contributed by atoms with Crippen molar-refractivity contribution in [2.45, 2.75) is 32.2 Å². The van der Waals surface area contributed by atoms with Crippen LogP contribution in [0.1, 0.15) is 24.8 Å². The zero-order valence-electron chi connectivity index (χ0n) is 18.3. The van der Waals surface area contributed by atoms with Gasteiger partial charge in [-0.2, -0.15) is 0 Å². The van der Waals surface area contributed by atoms with Gasteiger partial charge in [-0.05, 0) is 68.5 Å². The van der Waals surface area contributed by atoms with E-state index >= 15 is 0 Å². The number of carbonyl (C=O) groups is 2. The van der Waals surface area contributed by atoms with Gasteiger partial charge in [-0.3, -0.25) is 14.5 Å². The number of aryl methyl sites for hydroxylation is 1. The first-order valence-electron chi connectivity index (χ1n) is 11.0. The summed E-state index contributed by atoms with van der Waals surface area (Å²) in [6, 6.07) is 17.2. The molecular weight excluding hydrogens is 390 g/mol. The lowest BCUT2D eigenvalue weighted by Gasteiger charge is -2.39. The summed E-state index contributed by atoms with van der Waals surface area (Å²) in [6.07, 6.45) is 2.68. The van der Waals surface area contributed by atoms with Crippen LogP contribution in [-0.2, 0) is 9.59 Å². The standard InChI is InChI=1S/C25H31N3O3/c1-19-7-6-10-21(15-19)31-17-23(29)28-13-11-25(12-14-28)16-22(27(2)18-25)24(30)26-20-8-4-3-5-9-20/h3-10,15,22H,11-14,16-18H2,1-2H3,(H,26,30). The molecule has 2 saturated heterocycles. The number of para-hydroxylation sites is 1. The molecule has 2 aromatic carbocycles. The molecule has 2 fully saturated rings. The lowest BCUT2D eigenvalue weighted by Crippen LogP contribution is -2.45. The molecule has 0 aromatic heterocycles. The molecule has 1 unspecified atom stereocenters. The number of carbonyl (C=O) groups excluding carboxylic acids is 2. The van der Waals surface area contributed by atoms with Crippen molar-refractivity contribution in [1.82, 2.24) is 9.80 Å². The maximum Gasteiger partial charge on any atom is 0.260 e. The smallest absolute Gasteiger partial charge is 0.260 e. The van der Waals surface area contributed by atoms with Crippen LogP contribution < -0.4 is 10.1 Å². The minimum atomic E-state index is -0.132. The summed E-state index contributed by atoms with van der Waals surface area (Å²) in [5.41, 5.74) is 2.04. The normalized spacial score (nSPS) is 20.6. The Labute approximate surface area is 184 Å². The number of rotatable bonds is 5. The van der Waals surface area contributed by atoms with E-state index in [0.29, 0.717) is 0 Å². The molecule has 31 heavy (non-hydrogen) atoms. The van der Waals surface area contributed by atoms with Crippen LogP contribution in [0, 0.1) is 12.3 Å². The molecule has 6 nitrogen and oxygen atoms in total. The van der Waals surface area contributed by atoms with Crippen LogP contribution in [0.15, 0.2) is 54.6 Å². The van der Waals surface area contributed by atoms with Gasteiger partial charge in [0, 0.05) is 25.3 Å². The molecule has 2 aliphatic rings. The molecule has 1 N–H and O–H groups in total. The van der Waals surface area contributed by atoms with E-state index in [-0.39, 0.29) is 29.9 Å². The van der Waals surface area contributed by atoms with Gasteiger partial charge in [0.05, 0.1) is 6.04 Å². The molecule has 2 aromatic rings. The average molecular weight is 422 g/mol. The molecule has 2 heterocycles. The highest BCUT2D eigenvalue weighted by molar-refractivity contribution is 5.95. The number of hydrogen-bond acceptors (Lipinski definition) is 4. The number of hydrogen-bond donors (Lipinski definition) is 1. The summed E-state index contributed by atoms with van der Waals surface area (Å²) >= 11 is 0. The largest absolute Gasteiger partial charge is 0.484 e. The first-order valence-corrected chi connectivity index (χ1v) is 11.0. The highest BCUT2D eigenvalue weighted by Crippen LogP contribution is 2.43. The zero-order valence-corrected chi connectivity index (χ0v) is 18.3. The minimum absolute atomic E-state index is 0.0288. The number of piperidine rings is 1. The third-order valence-electron chi connectivity index (χ3n) is 6.62. The number of likely N-dealkylation sites (N-methyl/N-ethyl adjacent to an activating group) is 1. The van der Waals surface area contributed by atoms with E-state index in [9.17, 15) is 9.59 Å². The van der Waals surface area contributed by atoms with Gasteiger partial charge < -0.3 is 15.0 Å². The van der Waals surface area contributed by atoms with Crippen LogP contribution in [0.4, 0.5) is 5.69 Å². The first-order chi connectivity index (χ1) is 14.9. The van der Waals surface area contributed by atoms with Gasteiger partial charge in [0.15, 0.2) is 6.61 Å². The Kier molecular flexibility index (Phi) is 6.28. The van der Waals surface area contributed by atoms with E-state index in [4.69, 9.17) is 4.74 Å². The fourth-order valence-electron chi connectivity index (χ4n) is 4.84. The number of likely N-dealkylation sites (tertiary alicyclic amines) is 2. The summed E-state index contributed by atoms with van der Waals surface area (Å²) in [7, 11) is 2.03. The summed E-state index contributed by atoms with van der Waals surface area (Å²) in [4.78, 5) is 29.5. The van der Waals surface area contributed by atoms with Crippen molar-refractivity contribution in [3.05, 3.63) is 60.2 Å². The summed E-state index contributed by atoms with van der Waals surface area (Å²) in [5.74, 6) is 0.809. The van der Waals surface area contributed by atoms with Gasteiger partial charge >= 0.3 is 0 Å². The number of ether oxygens (including phenoxy) is 1. The van der Waals surface area contributed by atoms with Crippen molar-refractivity contribution in [3.63, 3.8) is 0 Å². The quantitative estimate of drug-likeness (QED) is 0.805. The predicted octanol–water partition coefficient (Wildman–Crippen LogP) is 3.33. The Morgan fingerprint density at radius 3 is 2.55 bits per heavy atom. The molecule has 1 atom stereocenters. The number of anilines is 1. The SMILES string of the molecule is Cc1cccc(OCC(=O)N2CCC3(CC2)CC(C(=O)Nc2ccccc2)N(C)C3)c1. The van der Waals surface area contributed by atoms with E-state index in [1.54, 1.807) is 0 Å². The second-order valence-electron chi connectivity index (χ2n) is 8.98. The highest BCUT2D eigenvalue weighted by atomic mass is 16.5. The summed E-state index contributed by atoms with van der Waals surface area (Å²) in [6.45, 7) is 4.40. The topological polar surface area (TPSA) is 61.9 Å². The summed E-state index contributed by atoms with van der Waals surface area (Å²) in [5, 5.41) is 3.04. The molecule has 0 aliphatic carbocycles. The van der Waals surface area contributed by atoms with Crippen LogP contribution in [0.5, 0.6) is 5.75 Å². The average Bonchev–Trinajstić information content (AvgIpc) is 3.09. The van der Waals surface area contributed by atoms with Gasteiger partial charge in [0.2, 0.25) is 5.91 Å². The Bertz CT molecular complexity index is 923. The molecule has 1 spiro atoms. The van der Waals surface area contributed by atoms with Gasteiger partial charge in [-0.25, -0.2) is 0 Å². The number of benzene rings is 2. The van der Waals surface area contributed by atoms with E-state index < -0.39 is 0 Å². The van der Waals surface area contributed by atoms with E-state index in [1.165, 1.54) is 0 Å². The van der Waals surface area contributed by atoms with Crippen molar-refractivity contribution < 1.29 is 14.3 Å². The lowest BCUT2D eigenvalue weighted by atomic mass is 9.76. The van der Waals surface area contributed by atoms with Crippen molar-refractivity contribution in [1.29, 1.82) is 0 Å². The fourth-order valence-corrected chi connectivity index (χ4v) is 4.84. The van der Waals surface area contributed by atoms with Gasteiger partial charge in [0.1, 0.15) is 5.75 Å². The number of amides is 2. The van der Waals surface area contributed by atoms with E-state index in [0.717, 1.165) is 55.9 Å². The van der Waals surface area contributed by atoms with Gasteiger partial charge in [-0.15, -0.1) is 0 Å². The van der Waals surface area contributed by atoms with Crippen molar-refractivity contribution >= 4 is 17.5 Å². The fraction of sp³-hybridized carbons (Fsp3) is 0.440. The van der Waals surface area contributed by atoms with Crippen LogP contribution >= 0.6 is 0 Å². The van der Waals surface area contributed by atoms with E-state index in [1.807, 2.05) is 73.5 Å². The van der Waals surface area contributed by atoms with Gasteiger partial charge in [-0.1, -0.05) is 30.3 Å². The Hall–Kier alpha value is -2.86. The van der Waals surface area contributed by atoms with Crippen LogP contribution in [0.3, 0.4) is 0 Å². The van der Waals surface area contributed by atoms with Crippen LogP contribution in [0.2, 0.25) is 0 Å². The van der Waals surface area contributed by atoms with E-state index in [2.05, 4.69) is 10.2 Å². The van der Waals surface area contributed by atoms with Crippen molar-refractivity contribution in [2.75, 3.05) is 38.6 Å². The van der Waals surface area contributed by atoms with Crippen molar-refractivity contribution in [2.24, 2.45) is 5.41 Å². The highest BCUT2D eigenvalue weighted by Gasteiger charge is 2.47. The molecule has 0 saturated carbocycles. The summed E-state index contributed by atoms with van der Waals surface area (Å²) < 4.78 is 5.69. The molecule has 164 valence electrons. The lowest BCUT2D eigenvalue weighted by molar-refractivity contribution is -0.135. The molecule has 0 bridgehead atoms. The number of nitrogens with zero attached hydrogens (tertiary/aromatic N) is 2. The van der Waals surface area contributed by atoms with Gasteiger partial charge in [0.25, 0.3) is 5.91 Å². The Morgan fingerprint density at radius 2 is 1.84 bits per heavy atom. The third-order valence-corrected chi connectivity index (χ3v) is 6.62. The molecule has 0 radical (unpaired) electrons. The van der Waals surface area contributed by atoms with Crippen LogP contribution in [-0.4, -0.2) is 60.9 Å². The Balaban J connectivity index is 1.28. The third kappa shape index (κ3) is 5.07. The minimum Gasteiger partial charge on any atom is -0.484 e. The first kappa shape index (κ1) is 21.4. The maximum absolute atomic E-state index is 12.8. The second-order valence-corrected chi connectivity index (χ2v) is 8.98. The molecule has 2 aliphatic heterocycles.